The van der Waals surface area contributed by atoms with Crippen LogP contribution in [0.15, 0.2) is 73.1 Å². The second-order valence-electron chi connectivity index (χ2n) is 16.2. The zero-order chi connectivity index (χ0) is 40.4. The first kappa shape index (κ1) is 38.7. The van der Waals surface area contributed by atoms with Crippen molar-refractivity contribution in [1.29, 1.82) is 0 Å². The summed E-state index contributed by atoms with van der Waals surface area (Å²) in [6.45, 7) is 4.39. The van der Waals surface area contributed by atoms with Crippen molar-refractivity contribution in [3.8, 4) is 0 Å². The number of carbonyl (C=O) groups excluding carboxylic acids is 7. The maximum absolute atomic E-state index is 13.6. The van der Waals surface area contributed by atoms with Crippen LogP contribution in [0.1, 0.15) is 98.4 Å². The fourth-order valence-electron chi connectivity index (χ4n) is 9.08. The number of imide groups is 2. The van der Waals surface area contributed by atoms with Gasteiger partial charge in [0.2, 0.25) is 17.7 Å². The molecule has 8 rings (SSSR count). The number of benzene rings is 2. The maximum atomic E-state index is 13.6. The number of rotatable bonds is 11. The lowest BCUT2D eigenvalue weighted by Gasteiger charge is -2.49. The van der Waals surface area contributed by atoms with Crippen LogP contribution in [-0.4, -0.2) is 113 Å². The average Bonchev–Trinajstić information content (AvgIpc) is 3.79. The number of hydrogen-bond donors (Lipinski definition) is 2. The summed E-state index contributed by atoms with van der Waals surface area (Å²) in [5.41, 5.74) is 2.99. The van der Waals surface area contributed by atoms with Gasteiger partial charge < -0.3 is 20.0 Å². The van der Waals surface area contributed by atoms with Crippen LogP contribution in [-0.2, 0) is 14.4 Å². The average molecular weight is 786 g/mol. The number of fused-ring (bicyclic) bond motifs is 1. The van der Waals surface area contributed by atoms with Gasteiger partial charge in [0.25, 0.3) is 23.6 Å². The lowest BCUT2D eigenvalue weighted by molar-refractivity contribution is -0.136. The van der Waals surface area contributed by atoms with Crippen LogP contribution >= 0.6 is 0 Å². The van der Waals surface area contributed by atoms with Gasteiger partial charge in [0.05, 0.1) is 16.8 Å². The molecule has 0 aliphatic carbocycles. The molecule has 1 atom stereocenters. The van der Waals surface area contributed by atoms with E-state index in [1.54, 1.807) is 54.9 Å². The molecule has 14 nitrogen and oxygen atoms in total. The molecule has 2 aromatic carbocycles. The van der Waals surface area contributed by atoms with E-state index in [0.717, 1.165) is 49.0 Å². The SMILES string of the molecule is O=C(/C=C/c1cccnc1)NCCCCC1CCN(C(=O)c2ccc(C(=O)N3CCC4(C3)CN(c3cccc5c3C(=O)N(C3CCC(=O)NC3=O)C5=O)C4)cc2)CC1. The molecule has 1 spiro atoms. The first-order valence-corrected chi connectivity index (χ1v) is 20.2. The fourth-order valence-corrected chi connectivity index (χ4v) is 9.08. The maximum Gasteiger partial charge on any atom is 0.264 e. The predicted octanol–water partition coefficient (Wildman–Crippen LogP) is 3.69. The largest absolute Gasteiger partial charge is 0.369 e. The molecule has 3 aromatic rings. The summed E-state index contributed by atoms with van der Waals surface area (Å²) in [4.78, 5) is 101. The Morgan fingerprint density at radius 3 is 2.28 bits per heavy atom. The quantitative estimate of drug-likeness (QED) is 0.167. The first-order chi connectivity index (χ1) is 28.1. The topological polar surface area (TPSA) is 169 Å². The van der Waals surface area contributed by atoms with Crippen molar-refractivity contribution >= 4 is 53.1 Å². The minimum absolute atomic E-state index is 0.0259. The van der Waals surface area contributed by atoms with E-state index in [9.17, 15) is 33.6 Å². The molecule has 1 aromatic heterocycles. The smallest absolute Gasteiger partial charge is 0.264 e. The van der Waals surface area contributed by atoms with E-state index in [-0.39, 0.29) is 47.1 Å². The van der Waals surface area contributed by atoms with Crippen molar-refractivity contribution in [3.05, 3.63) is 101 Å². The van der Waals surface area contributed by atoms with Gasteiger partial charge in [-0.05, 0) is 92.1 Å². The lowest BCUT2D eigenvalue weighted by Crippen LogP contribution is -2.58. The van der Waals surface area contributed by atoms with Gasteiger partial charge in [0.1, 0.15) is 6.04 Å². The van der Waals surface area contributed by atoms with Gasteiger partial charge in [-0.25, -0.2) is 0 Å². The summed E-state index contributed by atoms with van der Waals surface area (Å²) in [6.07, 6.45) is 12.5. The number of carbonyl (C=O) groups is 7. The molecular weight excluding hydrogens is 739 g/mol. The van der Waals surface area contributed by atoms with Crippen molar-refractivity contribution in [2.24, 2.45) is 11.3 Å². The molecule has 58 heavy (non-hydrogen) atoms. The molecule has 5 aliphatic rings. The molecule has 0 saturated carbocycles. The van der Waals surface area contributed by atoms with Crippen molar-refractivity contribution < 1.29 is 33.6 Å². The molecule has 6 heterocycles. The highest BCUT2D eigenvalue weighted by Crippen LogP contribution is 2.45. The number of aromatic nitrogens is 1. The van der Waals surface area contributed by atoms with Crippen LogP contribution in [0, 0.1) is 11.3 Å². The van der Waals surface area contributed by atoms with E-state index in [1.165, 1.54) is 6.08 Å². The van der Waals surface area contributed by atoms with Crippen molar-refractivity contribution in [1.82, 2.24) is 30.3 Å². The van der Waals surface area contributed by atoms with Crippen LogP contribution in [0.2, 0.25) is 0 Å². The Hall–Kier alpha value is -6.18. The zero-order valence-electron chi connectivity index (χ0n) is 32.4. The number of nitrogens with zero attached hydrogens (tertiary/aromatic N) is 5. The van der Waals surface area contributed by atoms with E-state index in [2.05, 4.69) is 20.5 Å². The van der Waals surface area contributed by atoms with E-state index < -0.39 is 29.7 Å². The molecule has 0 radical (unpaired) electrons. The minimum atomic E-state index is -1.03. The summed E-state index contributed by atoms with van der Waals surface area (Å²) in [6, 6.07) is 14.8. The van der Waals surface area contributed by atoms with Crippen LogP contribution in [0.5, 0.6) is 0 Å². The molecular formula is C44H47N7O7. The van der Waals surface area contributed by atoms with Crippen molar-refractivity contribution in [3.63, 3.8) is 0 Å². The fraction of sp³-hybridized carbons (Fsp3) is 0.409. The highest BCUT2D eigenvalue weighted by molar-refractivity contribution is 6.25. The first-order valence-electron chi connectivity index (χ1n) is 20.2. The van der Waals surface area contributed by atoms with Crippen LogP contribution < -0.4 is 15.5 Å². The van der Waals surface area contributed by atoms with Gasteiger partial charge >= 0.3 is 0 Å². The van der Waals surface area contributed by atoms with E-state index in [0.29, 0.717) is 68.5 Å². The molecule has 0 bridgehead atoms. The summed E-state index contributed by atoms with van der Waals surface area (Å²) in [7, 11) is 0. The summed E-state index contributed by atoms with van der Waals surface area (Å²) in [5.74, 6) is -1.80. The van der Waals surface area contributed by atoms with Gasteiger partial charge in [-0.1, -0.05) is 25.0 Å². The molecule has 14 heteroatoms. The lowest BCUT2D eigenvalue weighted by atomic mass is 9.78. The monoisotopic (exact) mass is 785 g/mol. The van der Waals surface area contributed by atoms with Gasteiger partial charge in [0.15, 0.2) is 0 Å². The Balaban J connectivity index is 0.773. The zero-order valence-corrected chi connectivity index (χ0v) is 32.4. The summed E-state index contributed by atoms with van der Waals surface area (Å²) >= 11 is 0. The normalized spacial score (nSPS) is 20.4. The van der Waals surface area contributed by atoms with E-state index >= 15 is 0 Å². The molecule has 4 fully saturated rings. The second-order valence-corrected chi connectivity index (χ2v) is 16.2. The number of likely N-dealkylation sites (tertiary alicyclic amines) is 2. The van der Waals surface area contributed by atoms with Crippen LogP contribution in [0.25, 0.3) is 6.08 Å². The van der Waals surface area contributed by atoms with Gasteiger partial charge in [-0.15, -0.1) is 0 Å². The number of anilines is 1. The summed E-state index contributed by atoms with van der Waals surface area (Å²) < 4.78 is 0. The Kier molecular flexibility index (Phi) is 10.9. The van der Waals surface area contributed by atoms with Crippen molar-refractivity contribution in [2.75, 3.05) is 50.7 Å². The van der Waals surface area contributed by atoms with Gasteiger partial charge in [-0.3, -0.25) is 48.8 Å². The Labute approximate surface area is 336 Å². The molecule has 5 aliphatic heterocycles. The predicted molar refractivity (Wildman–Crippen MR) is 213 cm³/mol. The third-order valence-electron chi connectivity index (χ3n) is 12.3. The van der Waals surface area contributed by atoms with E-state index in [1.807, 2.05) is 28.0 Å². The number of unbranched alkanes of at least 4 members (excludes halogenated alkanes) is 1. The van der Waals surface area contributed by atoms with Crippen molar-refractivity contribution in [2.45, 2.75) is 57.4 Å². The number of pyridine rings is 1. The summed E-state index contributed by atoms with van der Waals surface area (Å²) in [5, 5.41) is 5.17. The highest BCUT2D eigenvalue weighted by atomic mass is 16.2. The van der Waals surface area contributed by atoms with Crippen LogP contribution in [0.4, 0.5) is 5.69 Å². The number of amides is 7. The molecule has 1 unspecified atom stereocenters. The van der Waals surface area contributed by atoms with E-state index in [4.69, 9.17) is 0 Å². The molecule has 300 valence electrons. The molecule has 4 saturated heterocycles. The third-order valence-corrected chi connectivity index (χ3v) is 12.3. The number of nitrogens with one attached hydrogen (secondary N) is 2. The Morgan fingerprint density at radius 1 is 0.828 bits per heavy atom. The van der Waals surface area contributed by atoms with Crippen LogP contribution in [0.3, 0.4) is 0 Å². The third kappa shape index (κ3) is 7.87. The molecule has 7 amide bonds. The number of hydrogen-bond acceptors (Lipinski definition) is 9. The second kappa shape index (κ2) is 16.4. The van der Waals surface area contributed by atoms with Gasteiger partial charge in [0, 0.05) is 87.2 Å². The Bertz CT molecular complexity index is 2160. The molecule has 2 N–H and O–H groups in total. The number of piperidine rings is 2. The highest BCUT2D eigenvalue weighted by Gasteiger charge is 2.52. The standard InChI is InChI=1S/C44H47N7O7/c52-36(15-9-30-6-4-20-45-25-30)46-21-2-1-5-29-17-22-48(23-18-29)40(55)31-10-12-32(13-11-31)41(56)49-24-19-44(26-49)27-50(28-44)34-8-3-7-33-38(34)43(58)51(42(33)57)35-14-16-37(53)47-39(35)54/h3-4,6-13,15,20,25,29,35H,1-2,5,14,16-19,21-24,26-28H2,(H,46,52)(H,47,53,54)/b15-9+. The Morgan fingerprint density at radius 2 is 1.57 bits per heavy atom. The minimum Gasteiger partial charge on any atom is -0.369 e. The van der Waals surface area contributed by atoms with Gasteiger partial charge in [-0.2, -0.15) is 0 Å².